The van der Waals surface area contributed by atoms with Gasteiger partial charge in [-0.2, -0.15) is 0 Å². The number of carbonyl (C=O) groups is 3. The summed E-state index contributed by atoms with van der Waals surface area (Å²) in [6.07, 6.45) is 4.11. The van der Waals surface area contributed by atoms with Crippen molar-refractivity contribution in [3.05, 3.63) is 23.7 Å². The number of thioether (sulfide) groups is 2. The molecule has 0 bridgehead atoms. The molecule has 1 unspecified atom stereocenters. The summed E-state index contributed by atoms with van der Waals surface area (Å²) in [6, 6.07) is 0. The monoisotopic (exact) mass is 383 g/mol. The maximum atomic E-state index is 11.9. The van der Waals surface area contributed by atoms with E-state index in [0.29, 0.717) is 17.7 Å². The fourth-order valence-corrected chi connectivity index (χ4v) is 5.61. The van der Waals surface area contributed by atoms with Crippen LogP contribution in [0.3, 0.4) is 0 Å². The number of carboxylic acid groups (broad SMARTS) is 1. The van der Waals surface area contributed by atoms with E-state index < -0.39 is 11.3 Å². The third kappa shape index (κ3) is 3.28. The standard InChI is InChI=1S/C15H18N4O4S2/c1-8(20)16-13-9(7-24-15-17(2)4-5-18(15)3)12(14(22)23)19-10(21)6-11(19)25-13/h4-5,11,13H,6-7H2,1-3H3,(H-,16,20,22,23)/p+1/t11-,13?/m1/s1. The van der Waals surface area contributed by atoms with Gasteiger partial charge >= 0.3 is 11.1 Å². The van der Waals surface area contributed by atoms with Crippen molar-refractivity contribution in [1.82, 2.24) is 14.8 Å². The highest BCUT2D eigenvalue weighted by atomic mass is 32.2. The molecule has 3 rings (SSSR count). The van der Waals surface area contributed by atoms with Gasteiger partial charge in [0.2, 0.25) is 11.8 Å². The second-order valence-electron chi connectivity index (χ2n) is 5.91. The van der Waals surface area contributed by atoms with E-state index in [1.807, 2.05) is 35.6 Å². The Labute approximate surface area is 153 Å². The van der Waals surface area contributed by atoms with Crippen LogP contribution >= 0.6 is 23.5 Å². The number of aliphatic carboxylic acids is 1. The zero-order valence-corrected chi connectivity index (χ0v) is 15.7. The fraction of sp³-hybridized carbons (Fsp3) is 0.467. The second kappa shape index (κ2) is 6.75. The molecule has 3 heterocycles. The van der Waals surface area contributed by atoms with Crippen molar-refractivity contribution < 1.29 is 24.1 Å². The van der Waals surface area contributed by atoms with E-state index in [4.69, 9.17) is 0 Å². The van der Waals surface area contributed by atoms with Crippen molar-refractivity contribution in [1.29, 1.82) is 0 Å². The molecule has 8 nitrogen and oxygen atoms in total. The number of fused-ring (bicyclic) bond motifs is 1. The van der Waals surface area contributed by atoms with Gasteiger partial charge in [0, 0.05) is 18.2 Å². The van der Waals surface area contributed by atoms with Gasteiger partial charge in [-0.25, -0.2) is 13.9 Å². The van der Waals surface area contributed by atoms with Crippen molar-refractivity contribution >= 4 is 41.3 Å². The Morgan fingerprint density at radius 2 is 2.24 bits per heavy atom. The summed E-state index contributed by atoms with van der Waals surface area (Å²) >= 11 is 2.88. The molecule has 134 valence electrons. The van der Waals surface area contributed by atoms with E-state index in [1.165, 1.54) is 35.3 Å². The molecule has 10 heteroatoms. The summed E-state index contributed by atoms with van der Waals surface area (Å²) in [5, 5.41) is 12.8. The Hall–Kier alpha value is -1.94. The zero-order chi connectivity index (χ0) is 18.3. The maximum absolute atomic E-state index is 11.9. The quantitative estimate of drug-likeness (QED) is 0.424. The number of carboxylic acids is 1. The highest BCUT2D eigenvalue weighted by Crippen LogP contribution is 2.44. The van der Waals surface area contributed by atoms with Gasteiger partial charge < -0.3 is 10.4 Å². The number of rotatable bonds is 5. The van der Waals surface area contributed by atoms with E-state index in [0.717, 1.165) is 5.16 Å². The van der Waals surface area contributed by atoms with Gasteiger partial charge in [-0.1, -0.05) is 0 Å². The van der Waals surface area contributed by atoms with Crippen LogP contribution in [-0.4, -0.2) is 48.9 Å². The third-order valence-electron chi connectivity index (χ3n) is 4.07. The lowest BCUT2D eigenvalue weighted by atomic mass is 10.1. The Bertz CT molecular complexity index is 769. The molecule has 1 aromatic heterocycles. The summed E-state index contributed by atoms with van der Waals surface area (Å²) in [6.45, 7) is 1.40. The number of nitrogens with one attached hydrogen (secondary N) is 1. The highest BCUT2D eigenvalue weighted by Gasteiger charge is 2.48. The molecule has 0 spiro atoms. The first kappa shape index (κ1) is 17.9. The molecular formula is C15H19N4O4S2+. The predicted octanol–water partition coefficient (Wildman–Crippen LogP) is 0.0478. The van der Waals surface area contributed by atoms with Crippen molar-refractivity contribution in [2.75, 3.05) is 5.75 Å². The lowest BCUT2D eigenvalue weighted by molar-refractivity contribution is -0.709. The molecule has 2 atom stereocenters. The first-order valence-corrected chi connectivity index (χ1v) is 9.57. The number of hydrogen-bond donors (Lipinski definition) is 2. The Kier molecular flexibility index (Phi) is 4.83. The molecule has 25 heavy (non-hydrogen) atoms. The topological polar surface area (TPSA) is 95.5 Å². The van der Waals surface area contributed by atoms with E-state index >= 15 is 0 Å². The second-order valence-corrected chi connectivity index (χ2v) is 8.14. The number of hydrogen-bond acceptors (Lipinski definition) is 5. The van der Waals surface area contributed by atoms with E-state index in [2.05, 4.69) is 5.32 Å². The Balaban J connectivity index is 1.95. The van der Waals surface area contributed by atoms with Crippen molar-refractivity contribution in [2.24, 2.45) is 14.1 Å². The minimum atomic E-state index is -1.14. The molecule has 2 aliphatic rings. The van der Waals surface area contributed by atoms with Gasteiger partial charge in [-0.15, -0.1) is 11.8 Å². The van der Waals surface area contributed by atoms with Crippen molar-refractivity contribution in [2.45, 2.75) is 29.2 Å². The molecule has 2 amide bonds. The molecule has 0 aliphatic carbocycles. The van der Waals surface area contributed by atoms with Gasteiger partial charge in [-0.3, -0.25) is 14.5 Å². The van der Waals surface area contributed by atoms with Crippen LogP contribution in [0.4, 0.5) is 0 Å². The average Bonchev–Trinajstić information content (AvgIpc) is 2.83. The molecule has 1 fully saturated rings. The Morgan fingerprint density at radius 1 is 1.52 bits per heavy atom. The van der Waals surface area contributed by atoms with Gasteiger partial charge in [-0.05, 0) is 11.8 Å². The SMILES string of the molecule is CC(=O)NC1S[C@@H]2CC(=O)N2C(C(=O)O)=C1CSc1n(C)cc[n+]1C. The third-order valence-corrected chi connectivity index (χ3v) is 6.73. The van der Waals surface area contributed by atoms with E-state index in [1.54, 1.807) is 0 Å². The number of aryl methyl sites for hydroxylation is 2. The number of aromatic nitrogens is 2. The zero-order valence-electron chi connectivity index (χ0n) is 14.1. The number of carbonyl (C=O) groups excluding carboxylic acids is 2. The predicted molar refractivity (Wildman–Crippen MR) is 92.4 cm³/mol. The van der Waals surface area contributed by atoms with Gasteiger partial charge in [0.1, 0.15) is 23.5 Å². The van der Waals surface area contributed by atoms with Crippen LogP contribution in [0.5, 0.6) is 0 Å². The first-order valence-electron chi connectivity index (χ1n) is 7.64. The van der Waals surface area contributed by atoms with Crippen LogP contribution in [-0.2, 0) is 28.5 Å². The maximum Gasteiger partial charge on any atom is 0.352 e. The largest absolute Gasteiger partial charge is 0.477 e. The van der Waals surface area contributed by atoms with Gasteiger partial charge in [0.25, 0.3) is 0 Å². The summed E-state index contributed by atoms with van der Waals surface area (Å²) in [5.74, 6) is -1.20. The summed E-state index contributed by atoms with van der Waals surface area (Å²) in [7, 11) is 3.81. The number of nitrogens with zero attached hydrogens (tertiary/aromatic N) is 3. The minimum Gasteiger partial charge on any atom is -0.477 e. The first-order chi connectivity index (χ1) is 11.8. The van der Waals surface area contributed by atoms with Crippen molar-refractivity contribution in [3.63, 3.8) is 0 Å². The highest BCUT2D eigenvalue weighted by molar-refractivity contribution is 8.01. The van der Waals surface area contributed by atoms with E-state index in [-0.39, 0.29) is 22.9 Å². The minimum absolute atomic E-state index is 0.00288. The molecule has 0 aromatic carbocycles. The number of β-lactam (4-membered cyclic amide) rings is 1. The van der Waals surface area contributed by atoms with E-state index in [9.17, 15) is 19.5 Å². The molecule has 0 saturated carbocycles. The molecule has 1 aromatic rings. The number of amides is 2. The van der Waals surface area contributed by atoms with Crippen LogP contribution in [0.2, 0.25) is 0 Å². The smallest absolute Gasteiger partial charge is 0.352 e. The Morgan fingerprint density at radius 3 is 2.76 bits per heavy atom. The average molecular weight is 383 g/mol. The van der Waals surface area contributed by atoms with Crippen LogP contribution in [0.1, 0.15) is 13.3 Å². The summed E-state index contributed by atoms with van der Waals surface area (Å²) in [4.78, 5) is 36.6. The molecule has 2 N–H and O–H groups in total. The van der Waals surface area contributed by atoms with Crippen LogP contribution in [0, 0.1) is 0 Å². The normalized spacial score (nSPS) is 22.5. The lowest BCUT2D eigenvalue weighted by Crippen LogP contribution is -2.57. The summed E-state index contributed by atoms with van der Waals surface area (Å²) < 4.78 is 3.87. The molecular weight excluding hydrogens is 364 g/mol. The number of imidazole rings is 1. The fourth-order valence-electron chi connectivity index (χ4n) is 2.90. The molecule has 1 saturated heterocycles. The van der Waals surface area contributed by atoms with Crippen LogP contribution in [0.25, 0.3) is 0 Å². The van der Waals surface area contributed by atoms with Gasteiger partial charge in [0.05, 0.1) is 25.9 Å². The van der Waals surface area contributed by atoms with Gasteiger partial charge in [0.15, 0.2) is 0 Å². The summed E-state index contributed by atoms with van der Waals surface area (Å²) in [5.41, 5.74) is 0.548. The van der Waals surface area contributed by atoms with Crippen LogP contribution < -0.4 is 9.88 Å². The van der Waals surface area contributed by atoms with Crippen LogP contribution in [0.15, 0.2) is 28.8 Å². The molecule has 2 aliphatic heterocycles. The lowest BCUT2D eigenvalue weighted by Gasteiger charge is -2.46. The molecule has 0 radical (unpaired) electrons. The van der Waals surface area contributed by atoms with Crippen molar-refractivity contribution in [3.8, 4) is 0 Å².